The zero-order valence-corrected chi connectivity index (χ0v) is 9.71. The highest BCUT2D eigenvalue weighted by Gasteiger charge is 2.44. The summed E-state index contributed by atoms with van der Waals surface area (Å²) in [4.78, 5) is 11.7. The normalized spacial score (nSPS) is 17.0. The number of nitriles is 1. The number of ether oxygens (including phenoxy) is 1. The summed E-state index contributed by atoms with van der Waals surface area (Å²) >= 11 is 0. The van der Waals surface area contributed by atoms with E-state index in [1.807, 2.05) is 6.92 Å². The van der Waals surface area contributed by atoms with E-state index < -0.39 is 5.41 Å². The van der Waals surface area contributed by atoms with E-state index in [1.54, 1.807) is 0 Å². The van der Waals surface area contributed by atoms with Crippen molar-refractivity contribution in [1.82, 2.24) is 5.32 Å². The third kappa shape index (κ3) is 3.07. The van der Waals surface area contributed by atoms with Gasteiger partial charge in [0.1, 0.15) is 5.41 Å². The van der Waals surface area contributed by atoms with Gasteiger partial charge in [-0.15, -0.1) is 0 Å². The van der Waals surface area contributed by atoms with Crippen molar-refractivity contribution in [2.45, 2.75) is 26.2 Å². The molecule has 0 aromatic rings. The number of hydrogen-bond acceptors (Lipinski definition) is 3. The predicted molar refractivity (Wildman–Crippen MR) is 60.5 cm³/mol. The molecule has 0 saturated heterocycles. The monoisotopic (exact) mass is 222 g/mol. The van der Waals surface area contributed by atoms with Crippen LogP contribution in [0.15, 0.2) is 12.2 Å². The Morgan fingerprint density at radius 1 is 1.62 bits per heavy atom. The standard InChI is InChI=1S/C12H18N2O2/c1-10(2)8-16-7-6-14-11(15)12(9-13)4-3-5-12/h1,3-8H2,2H3,(H,14,15). The molecule has 0 bridgehead atoms. The molecule has 0 aromatic carbocycles. The van der Waals surface area contributed by atoms with E-state index >= 15 is 0 Å². The van der Waals surface area contributed by atoms with Crippen molar-refractivity contribution < 1.29 is 9.53 Å². The van der Waals surface area contributed by atoms with Crippen LogP contribution in [0.2, 0.25) is 0 Å². The Morgan fingerprint density at radius 2 is 2.31 bits per heavy atom. The molecule has 0 heterocycles. The van der Waals surface area contributed by atoms with Crippen LogP contribution >= 0.6 is 0 Å². The molecule has 0 aliphatic heterocycles. The molecule has 1 rings (SSSR count). The molecule has 1 fully saturated rings. The largest absolute Gasteiger partial charge is 0.375 e. The van der Waals surface area contributed by atoms with Crippen molar-refractivity contribution in [2.75, 3.05) is 19.8 Å². The van der Waals surface area contributed by atoms with Gasteiger partial charge in [0, 0.05) is 6.54 Å². The van der Waals surface area contributed by atoms with Crippen molar-refractivity contribution in [3.63, 3.8) is 0 Å². The summed E-state index contributed by atoms with van der Waals surface area (Å²) in [5, 5.41) is 11.7. The van der Waals surface area contributed by atoms with Crippen molar-refractivity contribution in [1.29, 1.82) is 5.26 Å². The lowest BCUT2D eigenvalue weighted by Gasteiger charge is -2.33. The van der Waals surface area contributed by atoms with Crippen LogP contribution < -0.4 is 5.32 Å². The van der Waals surface area contributed by atoms with Crippen LogP contribution in [0, 0.1) is 16.7 Å². The van der Waals surface area contributed by atoms with Gasteiger partial charge >= 0.3 is 0 Å². The molecular formula is C12H18N2O2. The van der Waals surface area contributed by atoms with E-state index in [-0.39, 0.29) is 5.91 Å². The van der Waals surface area contributed by atoms with Crippen LogP contribution in [-0.4, -0.2) is 25.7 Å². The van der Waals surface area contributed by atoms with E-state index in [0.717, 1.165) is 12.0 Å². The summed E-state index contributed by atoms with van der Waals surface area (Å²) in [5.41, 5.74) is 0.202. The lowest BCUT2D eigenvalue weighted by molar-refractivity contribution is -0.131. The van der Waals surface area contributed by atoms with Crippen molar-refractivity contribution in [3.05, 3.63) is 12.2 Å². The molecule has 1 aliphatic rings. The quantitative estimate of drug-likeness (QED) is 0.545. The molecule has 1 saturated carbocycles. The van der Waals surface area contributed by atoms with Gasteiger partial charge in [0.25, 0.3) is 0 Å². The number of carbonyl (C=O) groups is 1. The van der Waals surface area contributed by atoms with E-state index in [4.69, 9.17) is 10.00 Å². The van der Waals surface area contributed by atoms with Gasteiger partial charge in [0.05, 0.1) is 19.3 Å². The molecule has 0 spiro atoms. The highest BCUT2D eigenvalue weighted by atomic mass is 16.5. The van der Waals surface area contributed by atoms with Crippen LogP contribution in [0.5, 0.6) is 0 Å². The predicted octanol–water partition coefficient (Wildman–Crippen LogP) is 1.39. The van der Waals surface area contributed by atoms with E-state index in [9.17, 15) is 4.79 Å². The lowest BCUT2D eigenvalue weighted by atomic mass is 9.69. The van der Waals surface area contributed by atoms with Gasteiger partial charge in [-0.05, 0) is 26.2 Å². The molecule has 16 heavy (non-hydrogen) atoms. The number of amides is 1. The first-order valence-corrected chi connectivity index (χ1v) is 5.52. The average Bonchev–Trinajstić information content (AvgIpc) is 2.16. The molecule has 1 aliphatic carbocycles. The molecule has 0 unspecified atom stereocenters. The fourth-order valence-corrected chi connectivity index (χ4v) is 1.57. The van der Waals surface area contributed by atoms with Gasteiger partial charge in [0.15, 0.2) is 0 Å². The number of rotatable bonds is 6. The summed E-state index contributed by atoms with van der Waals surface area (Å²) in [5.74, 6) is -0.153. The van der Waals surface area contributed by atoms with E-state index in [1.165, 1.54) is 0 Å². The van der Waals surface area contributed by atoms with Gasteiger partial charge < -0.3 is 10.1 Å². The summed E-state index contributed by atoms with van der Waals surface area (Å²) in [6, 6.07) is 2.11. The summed E-state index contributed by atoms with van der Waals surface area (Å²) < 4.78 is 5.25. The SMILES string of the molecule is C=C(C)COCCNC(=O)C1(C#N)CCC1. The Hall–Kier alpha value is -1.34. The average molecular weight is 222 g/mol. The summed E-state index contributed by atoms with van der Waals surface area (Å²) in [6.45, 7) is 7.02. The van der Waals surface area contributed by atoms with Crippen LogP contribution in [0.1, 0.15) is 26.2 Å². The third-order valence-corrected chi connectivity index (χ3v) is 2.74. The lowest BCUT2D eigenvalue weighted by Crippen LogP contribution is -2.45. The maximum atomic E-state index is 11.7. The Bertz CT molecular complexity index is 313. The molecule has 0 aromatic heterocycles. The highest BCUT2D eigenvalue weighted by molar-refractivity contribution is 5.86. The first kappa shape index (κ1) is 12.7. The molecule has 0 radical (unpaired) electrons. The van der Waals surface area contributed by atoms with Crippen molar-refractivity contribution in [3.8, 4) is 6.07 Å². The molecule has 4 nitrogen and oxygen atoms in total. The Morgan fingerprint density at radius 3 is 2.75 bits per heavy atom. The molecule has 4 heteroatoms. The van der Waals surface area contributed by atoms with E-state index in [2.05, 4.69) is 18.0 Å². The smallest absolute Gasteiger partial charge is 0.240 e. The zero-order valence-electron chi connectivity index (χ0n) is 9.71. The fourth-order valence-electron chi connectivity index (χ4n) is 1.57. The second-order valence-electron chi connectivity index (χ2n) is 4.31. The van der Waals surface area contributed by atoms with E-state index in [0.29, 0.717) is 32.6 Å². The van der Waals surface area contributed by atoms with Gasteiger partial charge in [-0.1, -0.05) is 12.2 Å². The highest BCUT2D eigenvalue weighted by Crippen LogP contribution is 2.40. The molecule has 0 atom stereocenters. The van der Waals surface area contributed by atoms with Crippen LogP contribution in [0.4, 0.5) is 0 Å². The Kier molecular flexibility index (Phi) is 4.51. The Balaban J connectivity index is 2.16. The number of carbonyl (C=O) groups excluding carboxylic acids is 1. The molecule has 88 valence electrons. The number of nitrogens with zero attached hydrogens (tertiary/aromatic N) is 1. The maximum absolute atomic E-state index is 11.7. The molecule has 1 amide bonds. The van der Waals surface area contributed by atoms with Gasteiger partial charge in [-0.3, -0.25) is 4.79 Å². The van der Waals surface area contributed by atoms with Crippen molar-refractivity contribution in [2.24, 2.45) is 5.41 Å². The topological polar surface area (TPSA) is 62.1 Å². The fraction of sp³-hybridized carbons (Fsp3) is 0.667. The Labute approximate surface area is 96.3 Å². The van der Waals surface area contributed by atoms with Gasteiger partial charge in [-0.25, -0.2) is 0 Å². The molecular weight excluding hydrogens is 204 g/mol. The first-order chi connectivity index (χ1) is 7.60. The second-order valence-corrected chi connectivity index (χ2v) is 4.31. The van der Waals surface area contributed by atoms with Gasteiger partial charge in [0.2, 0.25) is 5.91 Å². The zero-order chi connectivity index (χ0) is 12.0. The third-order valence-electron chi connectivity index (χ3n) is 2.74. The number of nitrogens with one attached hydrogen (secondary N) is 1. The van der Waals surface area contributed by atoms with Crippen LogP contribution in [0.25, 0.3) is 0 Å². The van der Waals surface area contributed by atoms with Crippen molar-refractivity contribution >= 4 is 5.91 Å². The van der Waals surface area contributed by atoms with Crippen LogP contribution in [-0.2, 0) is 9.53 Å². The first-order valence-electron chi connectivity index (χ1n) is 5.52. The molecule has 1 N–H and O–H groups in total. The minimum absolute atomic E-state index is 0.153. The summed E-state index contributed by atoms with van der Waals surface area (Å²) in [7, 11) is 0. The maximum Gasteiger partial charge on any atom is 0.240 e. The van der Waals surface area contributed by atoms with Gasteiger partial charge in [-0.2, -0.15) is 5.26 Å². The van der Waals surface area contributed by atoms with Crippen LogP contribution in [0.3, 0.4) is 0 Å². The minimum Gasteiger partial charge on any atom is -0.375 e. The minimum atomic E-state index is -0.756. The summed E-state index contributed by atoms with van der Waals surface area (Å²) in [6.07, 6.45) is 2.33. The second kappa shape index (κ2) is 5.66. The number of hydrogen-bond donors (Lipinski definition) is 1.